The van der Waals surface area contributed by atoms with E-state index in [1.165, 1.54) is 21.3 Å². The van der Waals surface area contributed by atoms with Crippen molar-refractivity contribution in [3.63, 3.8) is 0 Å². The van der Waals surface area contributed by atoms with Crippen molar-refractivity contribution in [2.75, 3.05) is 23.9 Å². The predicted molar refractivity (Wildman–Crippen MR) is 90.4 cm³/mol. The fraction of sp³-hybridized carbons (Fsp3) is 0.357. The van der Waals surface area contributed by atoms with Gasteiger partial charge in [-0.05, 0) is 31.2 Å². The van der Waals surface area contributed by atoms with Crippen LogP contribution in [0.15, 0.2) is 40.4 Å². The summed E-state index contributed by atoms with van der Waals surface area (Å²) in [6.45, 7) is 2.44. The maximum absolute atomic E-state index is 11.7. The van der Waals surface area contributed by atoms with Crippen LogP contribution in [0.4, 0.5) is 0 Å². The van der Waals surface area contributed by atoms with Gasteiger partial charge >= 0.3 is 0 Å². The molecule has 0 fully saturated rings. The minimum atomic E-state index is -0.0182. The number of thioether (sulfide) groups is 2. The Hall–Kier alpha value is -1.67. The first kappa shape index (κ1) is 16.7. The Kier molecular flexibility index (Phi) is 6.60. The summed E-state index contributed by atoms with van der Waals surface area (Å²) < 4.78 is 1.38. The smallest absolute Gasteiger partial charge is 0.230 e. The van der Waals surface area contributed by atoms with Gasteiger partial charge in [0.2, 0.25) is 11.1 Å². The Morgan fingerprint density at radius 2 is 2.05 bits per heavy atom. The van der Waals surface area contributed by atoms with Crippen molar-refractivity contribution in [1.29, 1.82) is 0 Å². The van der Waals surface area contributed by atoms with Crippen LogP contribution in [-0.2, 0) is 4.79 Å². The topological polar surface area (TPSA) is 85.8 Å². The highest BCUT2D eigenvalue weighted by Gasteiger charge is 2.09. The molecule has 8 heteroatoms. The molecule has 1 aromatic heterocycles. The number of aromatic nitrogens is 3. The van der Waals surface area contributed by atoms with Crippen molar-refractivity contribution in [1.82, 2.24) is 20.2 Å². The maximum atomic E-state index is 11.7. The van der Waals surface area contributed by atoms with Gasteiger partial charge in [0.05, 0.1) is 5.75 Å². The number of rotatable bonds is 8. The highest BCUT2D eigenvalue weighted by molar-refractivity contribution is 7.99. The largest absolute Gasteiger partial charge is 0.355 e. The van der Waals surface area contributed by atoms with Crippen molar-refractivity contribution in [3.05, 3.63) is 36.2 Å². The Labute approximate surface area is 138 Å². The molecule has 118 valence electrons. The number of hydrogen-bond acceptors (Lipinski definition) is 6. The summed E-state index contributed by atoms with van der Waals surface area (Å²) in [5, 5.41) is 11.2. The third-order valence-corrected chi connectivity index (χ3v) is 4.86. The van der Waals surface area contributed by atoms with E-state index in [9.17, 15) is 4.79 Å². The molecular weight excluding hydrogens is 318 g/mol. The van der Waals surface area contributed by atoms with E-state index >= 15 is 0 Å². The van der Waals surface area contributed by atoms with Gasteiger partial charge in [-0.2, -0.15) is 0 Å². The van der Waals surface area contributed by atoms with Crippen LogP contribution < -0.4 is 11.2 Å². The van der Waals surface area contributed by atoms with Gasteiger partial charge in [0.25, 0.3) is 0 Å². The van der Waals surface area contributed by atoms with Crippen LogP contribution in [0, 0.1) is 6.92 Å². The fourth-order valence-electron chi connectivity index (χ4n) is 1.64. The van der Waals surface area contributed by atoms with Crippen LogP contribution in [0.2, 0.25) is 0 Å². The summed E-state index contributed by atoms with van der Waals surface area (Å²) in [6, 6.07) is 10.2. The molecule has 0 bridgehead atoms. The van der Waals surface area contributed by atoms with Gasteiger partial charge in [-0.25, -0.2) is 4.68 Å². The van der Waals surface area contributed by atoms with Gasteiger partial charge in [0, 0.05) is 11.4 Å². The number of nitrogen functional groups attached to an aromatic ring is 1. The van der Waals surface area contributed by atoms with Gasteiger partial charge in [-0.3, -0.25) is 4.79 Å². The third kappa shape index (κ3) is 5.27. The number of amides is 1. The van der Waals surface area contributed by atoms with Gasteiger partial charge in [0.1, 0.15) is 5.82 Å². The molecule has 1 amide bonds. The number of carbonyl (C=O) groups excluding carboxylic acids is 1. The quantitative estimate of drug-likeness (QED) is 0.433. The molecule has 1 heterocycles. The lowest BCUT2D eigenvalue weighted by Crippen LogP contribution is -2.26. The van der Waals surface area contributed by atoms with Crippen molar-refractivity contribution in [3.8, 4) is 0 Å². The van der Waals surface area contributed by atoms with Crippen LogP contribution in [0.3, 0.4) is 0 Å². The summed E-state index contributed by atoms with van der Waals surface area (Å²) in [5.41, 5.74) is 0. The number of nitrogens with zero attached hydrogens (tertiary/aromatic N) is 3. The third-order valence-electron chi connectivity index (χ3n) is 2.82. The zero-order valence-electron chi connectivity index (χ0n) is 12.4. The second kappa shape index (κ2) is 8.70. The SMILES string of the molecule is Cc1nnc(SCC(=O)NCCCSc2ccccc2)n1N. The van der Waals surface area contributed by atoms with Crippen LogP contribution in [0.1, 0.15) is 12.2 Å². The highest BCUT2D eigenvalue weighted by Crippen LogP contribution is 2.17. The molecule has 2 rings (SSSR count). The number of carbonyl (C=O) groups is 1. The van der Waals surface area contributed by atoms with E-state index in [2.05, 4.69) is 27.6 Å². The molecule has 0 atom stereocenters. The van der Waals surface area contributed by atoms with E-state index < -0.39 is 0 Å². The minimum Gasteiger partial charge on any atom is -0.355 e. The van der Waals surface area contributed by atoms with Crippen LogP contribution in [0.5, 0.6) is 0 Å². The van der Waals surface area contributed by atoms with Crippen molar-refractivity contribution >= 4 is 29.4 Å². The first-order valence-corrected chi connectivity index (χ1v) is 8.88. The van der Waals surface area contributed by atoms with Gasteiger partial charge < -0.3 is 11.2 Å². The molecule has 0 saturated carbocycles. The first-order chi connectivity index (χ1) is 10.7. The van der Waals surface area contributed by atoms with Crippen LogP contribution in [0.25, 0.3) is 0 Å². The lowest BCUT2D eigenvalue weighted by molar-refractivity contribution is -0.118. The molecule has 0 spiro atoms. The number of hydrogen-bond donors (Lipinski definition) is 2. The molecule has 3 N–H and O–H groups in total. The number of nitrogens with one attached hydrogen (secondary N) is 1. The standard InChI is InChI=1S/C14H19N5OS2/c1-11-17-18-14(19(11)15)22-10-13(20)16-8-5-9-21-12-6-3-2-4-7-12/h2-4,6-7H,5,8-10,15H2,1H3,(H,16,20). The molecule has 0 saturated heterocycles. The predicted octanol–water partition coefficient (Wildman–Crippen LogP) is 1.69. The Bertz CT molecular complexity index is 603. The number of nitrogens with two attached hydrogens (primary N) is 1. The van der Waals surface area contributed by atoms with Gasteiger partial charge in [-0.15, -0.1) is 22.0 Å². The summed E-state index contributed by atoms with van der Waals surface area (Å²) in [5.74, 6) is 7.60. The molecule has 0 aliphatic rings. The second-order valence-electron chi connectivity index (χ2n) is 4.55. The first-order valence-electron chi connectivity index (χ1n) is 6.91. The zero-order chi connectivity index (χ0) is 15.8. The van der Waals surface area contributed by atoms with Crippen LogP contribution >= 0.6 is 23.5 Å². The van der Waals surface area contributed by atoms with E-state index in [1.807, 2.05) is 18.2 Å². The normalized spacial score (nSPS) is 10.6. The molecule has 2 aromatic rings. The van der Waals surface area contributed by atoms with Gasteiger partial charge in [0.15, 0.2) is 0 Å². The molecule has 0 aliphatic heterocycles. The average molecular weight is 337 g/mol. The molecular formula is C14H19N5OS2. The molecule has 0 radical (unpaired) electrons. The summed E-state index contributed by atoms with van der Waals surface area (Å²) in [6.07, 6.45) is 0.933. The Morgan fingerprint density at radius 1 is 1.27 bits per heavy atom. The highest BCUT2D eigenvalue weighted by atomic mass is 32.2. The zero-order valence-corrected chi connectivity index (χ0v) is 14.0. The summed E-state index contributed by atoms with van der Waals surface area (Å²) in [7, 11) is 0. The Balaban J connectivity index is 1.57. The molecule has 6 nitrogen and oxygen atoms in total. The lowest BCUT2D eigenvalue weighted by Gasteiger charge is -2.05. The fourth-order valence-corrected chi connectivity index (χ4v) is 3.24. The maximum Gasteiger partial charge on any atom is 0.230 e. The average Bonchev–Trinajstić information content (AvgIpc) is 2.85. The molecule has 22 heavy (non-hydrogen) atoms. The van der Waals surface area contributed by atoms with E-state index in [4.69, 9.17) is 5.84 Å². The monoisotopic (exact) mass is 337 g/mol. The number of aryl methyl sites for hydroxylation is 1. The van der Waals surface area contributed by atoms with Crippen molar-refractivity contribution < 1.29 is 4.79 Å². The summed E-state index contributed by atoms with van der Waals surface area (Å²) in [4.78, 5) is 13.0. The lowest BCUT2D eigenvalue weighted by atomic mass is 10.4. The van der Waals surface area contributed by atoms with E-state index in [1.54, 1.807) is 18.7 Å². The van der Waals surface area contributed by atoms with Crippen LogP contribution in [-0.4, -0.2) is 38.8 Å². The molecule has 0 aliphatic carbocycles. The Morgan fingerprint density at radius 3 is 2.73 bits per heavy atom. The van der Waals surface area contributed by atoms with E-state index in [0.29, 0.717) is 23.3 Å². The summed E-state index contributed by atoms with van der Waals surface area (Å²) >= 11 is 3.08. The van der Waals surface area contributed by atoms with E-state index in [-0.39, 0.29) is 5.91 Å². The van der Waals surface area contributed by atoms with Crippen molar-refractivity contribution in [2.24, 2.45) is 0 Å². The molecule has 1 aromatic carbocycles. The number of benzene rings is 1. The minimum absolute atomic E-state index is 0.0182. The van der Waals surface area contributed by atoms with Crippen molar-refractivity contribution in [2.45, 2.75) is 23.4 Å². The van der Waals surface area contributed by atoms with Gasteiger partial charge in [-0.1, -0.05) is 30.0 Å². The second-order valence-corrected chi connectivity index (χ2v) is 6.66. The molecule has 0 unspecified atom stereocenters. The van der Waals surface area contributed by atoms with E-state index in [0.717, 1.165) is 12.2 Å².